The molecule has 1 saturated carbocycles. The first-order valence-corrected chi connectivity index (χ1v) is 11.1. The second kappa shape index (κ2) is 7.38. The zero-order chi connectivity index (χ0) is 22.6. The van der Waals surface area contributed by atoms with Gasteiger partial charge in [-0.3, -0.25) is 4.79 Å². The quantitative estimate of drug-likeness (QED) is 0.472. The first kappa shape index (κ1) is 19.9. The third-order valence-corrected chi connectivity index (χ3v) is 6.55. The molecule has 166 valence electrons. The molecule has 0 amide bonds. The van der Waals surface area contributed by atoms with Crippen LogP contribution in [0.4, 0.5) is 11.6 Å². The fourth-order valence-electron chi connectivity index (χ4n) is 4.93. The Hall–Kier alpha value is -3.78. The van der Waals surface area contributed by atoms with Crippen LogP contribution < -0.4 is 10.9 Å². The van der Waals surface area contributed by atoms with Crippen LogP contribution in [0.3, 0.4) is 0 Å². The number of nitrogens with zero attached hydrogens (tertiary/aromatic N) is 5. The Balaban J connectivity index is 1.41. The Bertz CT molecular complexity index is 1440. The highest BCUT2D eigenvalue weighted by atomic mass is 16.3. The summed E-state index contributed by atoms with van der Waals surface area (Å²) in [5, 5.41) is 8.18. The number of fused-ring (bicyclic) bond motifs is 3. The van der Waals surface area contributed by atoms with Crippen LogP contribution >= 0.6 is 0 Å². The Morgan fingerprint density at radius 1 is 1.30 bits per heavy atom. The van der Waals surface area contributed by atoms with E-state index in [1.807, 2.05) is 0 Å². The van der Waals surface area contributed by atoms with E-state index < -0.39 is 0 Å². The Labute approximate surface area is 190 Å². The van der Waals surface area contributed by atoms with Crippen LogP contribution in [-0.4, -0.2) is 38.2 Å². The van der Waals surface area contributed by atoms with Crippen LogP contribution in [0.15, 0.2) is 64.7 Å². The zero-order valence-electron chi connectivity index (χ0n) is 18.4. The van der Waals surface area contributed by atoms with E-state index in [-0.39, 0.29) is 12.1 Å². The van der Waals surface area contributed by atoms with Crippen molar-refractivity contribution in [3.05, 3.63) is 76.9 Å². The maximum absolute atomic E-state index is 12.9. The van der Waals surface area contributed by atoms with Crippen LogP contribution in [0.2, 0.25) is 0 Å². The van der Waals surface area contributed by atoms with Gasteiger partial charge in [-0.25, -0.2) is 14.6 Å². The predicted molar refractivity (Wildman–Crippen MR) is 126 cm³/mol. The maximum Gasteiger partial charge on any atom is 0.278 e. The molecular formula is C25H24N6O2. The number of allylic oxidation sites excluding steroid dienone is 1. The van der Waals surface area contributed by atoms with Gasteiger partial charge in [0.25, 0.3) is 5.56 Å². The summed E-state index contributed by atoms with van der Waals surface area (Å²) in [6.45, 7) is 6.06. The van der Waals surface area contributed by atoms with E-state index in [1.165, 1.54) is 28.7 Å². The van der Waals surface area contributed by atoms with Crippen molar-refractivity contribution < 1.29 is 4.42 Å². The number of hydrogen-bond donors (Lipinski definition) is 1. The smallest absolute Gasteiger partial charge is 0.278 e. The van der Waals surface area contributed by atoms with Gasteiger partial charge < -0.3 is 14.6 Å². The number of furan rings is 1. The second-order valence-electron chi connectivity index (χ2n) is 9.01. The molecule has 33 heavy (non-hydrogen) atoms. The topological polar surface area (TPSA) is 89.1 Å². The normalized spacial score (nSPS) is 16.6. The molecule has 1 aliphatic heterocycles. The molecule has 1 spiro atoms. The van der Waals surface area contributed by atoms with Crippen molar-refractivity contribution in [3.8, 4) is 11.5 Å². The molecule has 1 aromatic carbocycles. The lowest BCUT2D eigenvalue weighted by atomic mass is 9.87. The zero-order valence-corrected chi connectivity index (χ0v) is 18.4. The molecule has 1 fully saturated rings. The average Bonchev–Trinajstić information content (AvgIpc) is 3.34. The fourth-order valence-corrected chi connectivity index (χ4v) is 4.93. The molecule has 0 atom stereocenters. The van der Waals surface area contributed by atoms with Crippen molar-refractivity contribution in [2.24, 2.45) is 0 Å². The van der Waals surface area contributed by atoms with Gasteiger partial charge in [-0.05, 0) is 55.3 Å². The van der Waals surface area contributed by atoms with Crippen molar-refractivity contribution in [3.63, 3.8) is 0 Å². The summed E-state index contributed by atoms with van der Waals surface area (Å²) in [5.41, 5.74) is 4.75. The summed E-state index contributed by atoms with van der Waals surface area (Å²) in [6, 6.07) is 10.1. The maximum atomic E-state index is 12.9. The SMILES string of the molecule is C=CCn1nc(-c2ccco2)c2nc(Nc3ccc4c(c3)CN(C)CC43CC3)ncc2c1=O. The molecule has 1 aliphatic carbocycles. The largest absolute Gasteiger partial charge is 0.463 e. The fraction of sp³-hybridized carbons (Fsp3) is 0.280. The van der Waals surface area contributed by atoms with Crippen LogP contribution in [0.25, 0.3) is 22.4 Å². The van der Waals surface area contributed by atoms with Gasteiger partial charge in [0, 0.05) is 30.4 Å². The monoisotopic (exact) mass is 440 g/mol. The number of rotatable bonds is 5. The molecule has 0 radical (unpaired) electrons. The number of hydrogen-bond acceptors (Lipinski definition) is 7. The van der Waals surface area contributed by atoms with E-state index in [2.05, 4.69) is 57.1 Å². The lowest BCUT2D eigenvalue weighted by molar-refractivity contribution is 0.271. The van der Waals surface area contributed by atoms with E-state index in [4.69, 9.17) is 4.42 Å². The molecule has 1 N–H and O–H groups in total. The first-order valence-electron chi connectivity index (χ1n) is 11.1. The minimum Gasteiger partial charge on any atom is -0.463 e. The highest BCUT2D eigenvalue weighted by Gasteiger charge is 2.48. The molecular weight excluding hydrogens is 416 g/mol. The van der Waals surface area contributed by atoms with Crippen molar-refractivity contribution in [2.75, 3.05) is 18.9 Å². The number of nitrogens with one attached hydrogen (secondary N) is 1. The van der Waals surface area contributed by atoms with Gasteiger partial charge in [-0.15, -0.1) is 6.58 Å². The summed E-state index contributed by atoms with van der Waals surface area (Å²) < 4.78 is 6.91. The van der Waals surface area contributed by atoms with E-state index in [0.29, 0.717) is 33.7 Å². The molecule has 0 bridgehead atoms. The van der Waals surface area contributed by atoms with Crippen molar-refractivity contribution >= 4 is 22.5 Å². The minimum atomic E-state index is -0.265. The summed E-state index contributed by atoms with van der Waals surface area (Å²) in [6.07, 6.45) is 7.27. The van der Waals surface area contributed by atoms with Crippen LogP contribution in [0.1, 0.15) is 24.0 Å². The summed E-state index contributed by atoms with van der Waals surface area (Å²) in [7, 11) is 2.18. The van der Waals surface area contributed by atoms with E-state index >= 15 is 0 Å². The number of aromatic nitrogens is 4. The van der Waals surface area contributed by atoms with Gasteiger partial charge in [0.05, 0.1) is 18.2 Å². The van der Waals surface area contributed by atoms with Crippen LogP contribution in [-0.2, 0) is 18.5 Å². The average molecular weight is 441 g/mol. The van der Waals surface area contributed by atoms with Gasteiger partial charge in [0.1, 0.15) is 5.52 Å². The Kier molecular flexibility index (Phi) is 4.45. The van der Waals surface area contributed by atoms with Gasteiger partial charge >= 0.3 is 0 Å². The molecule has 0 unspecified atom stereocenters. The lowest BCUT2D eigenvalue weighted by Gasteiger charge is -2.32. The van der Waals surface area contributed by atoms with Crippen LogP contribution in [0.5, 0.6) is 0 Å². The van der Waals surface area contributed by atoms with E-state index in [0.717, 1.165) is 18.8 Å². The predicted octanol–water partition coefficient (Wildman–Crippen LogP) is 3.85. The third kappa shape index (κ3) is 3.34. The van der Waals surface area contributed by atoms with E-state index in [9.17, 15) is 4.79 Å². The standard InChI is InChI=1S/C25H24N6O2/c1-3-10-31-23(32)18-13-26-24(28-21(18)22(29-31)20-5-4-11-33-20)27-17-6-7-19-16(12-17)14-30(2)15-25(19)8-9-25/h3-7,11-13H,1,8-10,14-15H2,2H3,(H,26,27,28). The lowest BCUT2D eigenvalue weighted by Crippen LogP contribution is -2.35. The second-order valence-corrected chi connectivity index (χ2v) is 9.01. The highest BCUT2D eigenvalue weighted by Crippen LogP contribution is 2.52. The first-order chi connectivity index (χ1) is 16.1. The van der Waals surface area contributed by atoms with Gasteiger partial charge in [-0.1, -0.05) is 12.1 Å². The Morgan fingerprint density at radius 2 is 2.18 bits per heavy atom. The van der Waals surface area contributed by atoms with Crippen molar-refractivity contribution in [2.45, 2.75) is 31.3 Å². The summed E-state index contributed by atoms with van der Waals surface area (Å²) >= 11 is 0. The minimum absolute atomic E-state index is 0.265. The third-order valence-electron chi connectivity index (χ3n) is 6.55. The summed E-state index contributed by atoms with van der Waals surface area (Å²) in [4.78, 5) is 24.4. The van der Waals surface area contributed by atoms with Crippen molar-refractivity contribution in [1.82, 2.24) is 24.6 Å². The molecule has 3 aromatic heterocycles. The number of benzene rings is 1. The van der Waals surface area contributed by atoms with Gasteiger partial charge in [0.15, 0.2) is 11.5 Å². The van der Waals surface area contributed by atoms with E-state index in [1.54, 1.807) is 30.7 Å². The number of anilines is 2. The molecule has 6 rings (SSSR count). The van der Waals surface area contributed by atoms with Crippen LogP contribution in [0, 0.1) is 0 Å². The molecule has 2 aliphatic rings. The summed E-state index contributed by atoms with van der Waals surface area (Å²) in [5.74, 6) is 0.942. The highest BCUT2D eigenvalue weighted by molar-refractivity contribution is 5.89. The van der Waals surface area contributed by atoms with Gasteiger partial charge in [0.2, 0.25) is 5.95 Å². The molecule has 8 heteroatoms. The molecule has 4 aromatic rings. The van der Waals surface area contributed by atoms with Gasteiger partial charge in [-0.2, -0.15) is 5.10 Å². The Morgan fingerprint density at radius 3 is 2.94 bits per heavy atom. The molecule has 4 heterocycles. The van der Waals surface area contributed by atoms with Crippen molar-refractivity contribution in [1.29, 1.82) is 0 Å². The molecule has 0 saturated heterocycles. The number of likely N-dealkylation sites (N-methyl/N-ethyl adjacent to an activating group) is 1. The molecule has 8 nitrogen and oxygen atoms in total.